The minimum Gasteiger partial charge on any atom is -0.462 e. The van der Waals surface area contributed by atoms with Crippen LogP contribution in [-0.2, 0) is 14.3 Å². The predicted molar refractivity (Wildman–Crippen MR) is 149 cm³/mol. The molecule has 1 aromatic heterocycles. The maximum absolute atomic E-state index is 14.2. The van der Waals surface area contributed by atoms with Gasteiger partial charge in [-0.2, -0.15) is 0 Å². The lowest BCUT2D eigenvalue weighted by Gasteiger charge is -2.40. The number of nitrogens with zero attached hydrogens (tertiary/aromatic N) is 4. The van der Waals surface area contributed by atoms with E-state index in [0.717, 1.165) is 31.4 Å². The normalized spacial score (nSPS) is 20.4. The van der Waals surface area contributed by atoms with Gasteiger partial charge in [0.2, 0.25) is 5.91 Å². The molecule has 9 nitrogen and oxygen atoms in total. The molecule has 0 N–H and O–H groups in total. The number of esters is 1. The monoisotopic (exact) mass is 538 g/mol. The molecule has 0 spiro atoms. The maximum atomic E-state index is 14.2. The SMILES string of the molecule is CCOC(=O)c1cn(-c2ccccc2)nc1N(C(=O)C1CCC(C)CC1)C1CCN(C(=O)OC(C)(C)C)CC1. The van der Waals surface area contributed by atoms with Gasteiger partial charge in [-0.15, -0.1) is 5.10 Å². The smallest absolute Gasteiger partial charge is 0.410 e. The Morgan fingerprint density at radius 3 is 2.23 bits per heavy atom. The molecule has 0 atom stereocenters. The van der Waals surface area contributed by atoms with Crippen LogP contribution in [-0.4, -0.2) is 64.0 Å². The first kappa shape index (κ1) is 28.6. The van der Waals surface area contributed by atoms with Gasteiger partial charge in [0.15, 0.2) is 5.82 Å². The number of anilines is 1. The number of carbonyl (C=O) groups excluding carboxylic acids is 3. The van der Waals surface area contributed by atoms with E-state index in [0.29, 0.717) is 37.7 Å². The summed E-state index contributed by atoms with van der Waals surface area (Å²) in [7, 11) is 0. The maximum Gasteiger partial charge on any atom is 0.410 e. The minimum atomic E-state index is -0.577. The van der Waals surface area contributed by atoms with E-state index in [1.807, 2.05) is 51.1 Å². The van der Waals surface area contributed by atoms with Gasteiger partial charge >= 0.3 is 12.1 Å². The van der Waals surface area contributed by atoms with E-state index < -0.39 is 11.6 Å². The molecule has 2 aliphatic rings. The molecular weight excluding hydrogens is 496 g/mol. The van der Waals surface area contributed by atoms with Crippen molar-refractivity contribution in [1.82, 2.24) is 14.7 Å². The Hall–Kier alpha value is -3.36. The Labute approximate surface area is 231 Å². The lowest BCUT2D eigenvalue weighted by molar-refractivity contribution is -0.124. The van der Waals surface area contributed by atoms with Crippen LogP contribution in [0.3, 0.4) is 0 Å². The zero-order valence-electron chi connectivity index (χ0n) is 23.9. The number of likely N-dealkylation sites (tertiary alicyclic amines) is 1. The summed E-state index contributed by atoms with van der Waals surface area (Å²) in [6.07, 6.45) is 6.09. The van der Waals surface area contributed by atoms with Gasteiger partial charge in [-0.1, -0.05) is 25.1 Å². The van der Waals surface area contributed by atoms with Gasteiger partial charge in [0.05, 0.1) is 12.3 Å². The minimum absolute atomic E-state index is 0.00137. The third-order valence-electron chi connectivity index (χ3n) is 7.52. The molecule has 9 heteroatoms. The van der Waals surface area contributed by atoms with E-state index in [9.17, 15) is 14.4 Å². The highest BCUT2D eigenvalue weighted by molar-refractivity contribution is 6.02. The van der Waals surface area contributed by atoms with Gasteiger partial charge in [0.1, 0.15) is 11.2 Å². The Bertz CT molecular complexity index is 1140. The molecule has 1 aromatic carbocycles. The Morgan fingerprint density at radius 1 is 1.00 bits per heavy atom. The Morgan fingerprint density at radius 2 is 1.64 bits per heavy atom. The van der Waals surface area contributed by atoms with Crippen molar-refractivity contribution >= 4 is 23.8 Å². The summed E-state index contributed by atoms with van der Waals surface area (Å²) in [5, 5.41) is 4.81. The molecule has 1 saturated heterocycles. The molecule has 2 fully saturated rings. The fourth-order valence-corrected chi connectivity index (χ4v) is 5.40. The molecule has 2 heterocycles. The number of amides is 2. The average Bonchev–Trinajstić information content (AvgIpc) is 3.34. The summed E-state index contributed by atoms with van der Waals surface area (Å²) in [6.45, 7) is 10.7. The highest BCUT2D eigenvalue weighted by Crippen LogP contribution is 2.35. The lowest BCUT2D eigenvalue weighted by Crippen LogP contribution is -2.52. The van der Waals surface area contributed by atoms with Crippen molar-refractivity contribution in [1.29, 1.82) is 0 Å². The molecule has 1 saturated carbocycles. The summed E-state index contributed by atoms with van der Waals surface area (Å²) >= 11 is 0. The molecule has 2 amide bonds. The van der Waals surface area contributed by atoms with Crippen molar-refractivity contribution in [3.05, 3.63) is 42.1 Å². The third kappa shape index (κ3) is 6.99. The summed E-state index contributed by atoms with van der Waals surface area (Å²) in [5.74, 6) is 0.308. The van der Waals surface area contributed by atoms with Crippen molar-refractivity contribution in [3.63, 3.8) is 0 Å². The van der Waals surface area contributed by atoms with Crippen LogP contribution in [0.4, 0.5) is 10.6 Å². The number of benzene rings is 1. The topological polar surface area (TPSA) is 94.0 Å². The first-order valence-corrected chi connectivity index (χ1v) is 14.2. The van der Waals surface area contributed by atoms with Gasteiger partial charge < -0.3 is 14.4 Å². The first-order chi connectivity index (χ1) is 18.6. The zero-order chi connectivity index (χ0) is 28.2. The number of hydrogen-bond acceptors (Lipinski definition) is 6. The van der Waals surface area contributed by atoms with Gasteiger partial charge in [-0.05, 0) is 84.3 Å². The van der Waals surface area contributed by atoms with E-state index >= 15 is 0 Å². The predicted octanol–water partition coefficient (Wildman–Crippen LogP) is 5.61. The van der Waals surface area contributed by atoms with Crippen molar-refractivity contribution in [2.24, 2.45) is 11.8 Å². The van der Waals surface area contributed by atoms with E-state index in [4.69, 9.17) is 14.6 Å². The van der Waals surface area contributed by atoms with Crippen molar-refractivity contribution < 1.29 is 23.9 Å². The summed E-state index contributed by atoms with van der Waals surface area (Å²) in [4.78, 5) is 43.5. The number of carbonyl (C=O) groups is 3. The summed E-state index contributed by atoms with van der Waals surface area (Å²) < 4.78 is 12.6. The average molecular weight is 539 g/mol. The molecule has 39 heavy (non-hydrogen) atoms. The molecule has 1 aliphatic heterocycles. The van der Waals surface area contributed by atoms with Crippen LogP contribution in [0.1, 0.15) is 83.5 Å². The van der Waals surface area contributed by atoms with Crippen LogP contribution < -0.4 is 4.90 Å². The zero-order valence-corrected chi connectivity index (χ0v) is 23.9. The molecule has 0 unspecified atom stereocenters. The highest BCUT2D eigenvalue weighted by atomic mass is 16.6. The second-order valence-electron chi connectivity index (χ2n) is 11.7. The lowest BCUT2D eigenvalue weighted by atomic mass is 9.82. The van der Waals surface area contributed by atoms with Crippen LogP contribution in [0.25, 0.3) is 5.69 Å². The number of piperidine rings is 1. The largest absolute Gasteiger partial charge is 0.462 e. The van der Waals surface area contributed by atoms with Gasteiger partial charge in [-0.3, -0.25) is 9.69 Å². The van der Waals surface area contributed by atoms with Gasteiger partial charge in [0.25, 0.3) is 0 Å². The number of aromatic nitrogens is 2. The standard InChI is InChI=1S/C30H42N4O5/c1-6-38-28(36)25-20-33(23-10-8-7-9-11-23)31-26(25)34(27(35)22-14-12-21(2)13-15-22)24-16-18-32(19-17-24)29(37)39-30(3,4)5/h7-11,20-22,24H,6,12-19H2,1-5H3. The van der Waals surface area contributed by atoms with E-state index in [1.165, 1.54) is 0 Å². The van der Waals surface area contributed by atoms with E-state index in [-0.39, 0.29) is 36.1 Å². The van der Waals surface area contributed by atoms with Crippen molar-refractivity contribution in [2.75, 3.05) is 24.6 Å². The number of para-hydroxylation sites is 1. The second-order valence-corrected chi connectivity index (χ2v) is 11.7. The van der Waals surface area contributed by atoms with Crippen LogP contribution in [0.5, 0.6) is 0 Å². The highest BCUT2D eigenvalue weighted by Gasteiger charge is 2.39. The molecule has 0 bridgehead atoms. The van der Waals surface area contributed by atoms with Crippen LogP contribution >= 0.6 is 0 Å². The van der Waals surface area contributed by atoms with Crippen molar-refractivity contribution in [2.45, 2.75) is 84.8 Å². The molecule has 0 radical (unpaired) electrons. The molecular formula is C30H42N4O5. The molecule has 1 aliphatic carbocycles. The quantitative estimate of drug-likeness (QED) is 0.444. The Balaban J connectivity index is 1.68. The summed E-state index contributed by atoms with van der Waals surface area (Å²) in [6, 6.07) is 9.32. The fourth-order valence-electron chi connectivity index (χ4n) is 5.40. The molecule has 212 valence electrons. The van der Waals surface area contributed by atoms with Gasteiger partial charge in [0, 0.05) is 31.2 Å². The van der Waals surface area contributed by atoms with Gasteiger partial charge in [-0.25, -0.2) is 14.3 Å². The molecule has 4 rings (SSSR count). The van der Waals surface area contributed by atoms with Crippen LogP contribution in [0, 0.1) is 11.8 Å². The number of ether oxygens (including phenoxy) is 2. The van der Waals surface area contributed by atoms with E-state index in [1.54, 1.807) is 27.6 Å². The summed E-state index contributed by atoms with van der Waals surface area (Å²) in [5.41, 5.74) is 0.480. The fraction of sp³-hybridized carbons (Fsp3) is 0.600. The number of hydrogen-bond donors (Lipinski definition) is 0. The van der Waals surface area contributed by atoms with E-state index in [2.05, 4.69) is 6.92 Å². The third-order valence-corrected chi connectivity index (χ3v) is 7.52. The van der Waals surface area contributed by atoms with Crippen molar-refractivity contribution in [3.8, 4) is 5.69 Å². The second kappa shape index (κ2) is 12.2. The van der Waals surface area contributed by atoms with Crippen LogP contribution in [0.2, 0.25) is 0 Å². The molecule has 2 aromatic rings. The Kier molecular flexibility index (Phi) is 8.97. The first-order valence-electron chi connectivity index (χ1n) is 14.2. The van der Waals surface area contributed by atoms with Crippen LogP contribution in [0.15, 0.2) is 36.5 Å². The number of rotatable bonds is 6.